The van der Waals surface area contributed by atoms with Crippen LogP contribution in [0.4, 0.5) is 0 Å². The maximum absolute atomic E-state index is 11.1. The molecular formula is C9H14N2O3. The highest BCUT2D eigenvalue weighted by Gasteiger charge is 2.20. The lowest BCUT2D eigenvalue weighted by molar-refractivity contribution is -0.140. The first kappa shape index (κ1) is 12.5. The Morgan fingerprint density at radius 3 is 2.43 bits per heavy atom. The van der Waals surface area contributed by atoms with Crippen LogP contribution in [0.15, 0.2) is 0 Å². The molecule has 0 aliphatic carbocycles. The number of nitrogens with zero attached hydrogens (tertiary/aromatic N) is 2. The first-order valence-electron chi connectivity index (χ1n) is 4.49. The van der Waals surface area contributed by atoms with Crippen molar-refractivity contribution >= 4 is 17.5 Å². The standard InChI is InChI=1S/C9H14N2O3/c1-3-14-9(13)8(11-10)6-4-5-7(2)12/h3-6H2,1-2H3. The molecule has 0 amide bonds. The molecule has 0 N–H and O–H groups in total. The SMILES string of the molecule is CCOC(=O)C(CCCC(C)=O)=[N+]=[N-]. The van der Waals surface area contributed by atoms with Crippen LogP contribution in [-0.2, 0) is 14.3 Å². The van der Waals surface area contributed by atoms with Gasteiger partial charge in [0.2, 0.25) is 0 Å². The lowest BCUT2D eigenvalue weighted by Gasteiger charge is -1.96. The fourth-order valence-electron chi connectivity index (χ4n) is 0.912. The molecular weight excluding hydrogens is 184 g/mol. The minimum absolute atomic E-state index is 0.0342. The van der Waals surface area contributed by atoms with E-state index in [0.29, 0.717) is 12.8 Å². The zero-order chi connectivity index (χ0) is 11.0. The second-order valence-electron chi connectivity index (χ2n) is 2.82. The number of ether oxygens (including phenoxy) is 1. The molecule has 0 saturated carbocycles. The molecule has 0 heterocycles. The third-order valence-electron chi connectivity index (χ3n) is 1.57. The van der Waals surface area contributed by atoms with Gasteiger partial charge in [0.25, 0.3) is 0 Å². The zero-order valence-corrected chi connectivity index (χ0v) is 8.45. The Morgan fingerprint density at radius 2 is 2.00 bits per heavy atom. The van der Waals surface area contributed by atoms with E-state index in [1.54, 1.807) is 6.92 Å². The van der Waals surface area contributed by atoms with E-state index >= 15 is 0 Å². The number of hydrogen-bond acceptors (Lipinski definition) is 3. The van der Waals surface area contributed by atoms with Gasteiger partial charge in [-0.1, -0.05) is 0 Å². The van der Waals surface area contributed by atoms with Crippen molar-refractivity contribution in [2.24, 2.45) is 0 Å². The highest BCUT2D eigenvalue weighted by atomic mass is 16.5. The van der Waals surface area contributed by atoms with Gasteiger partial charge < -0.3 is 15.1 Å². The fraction of sp³-hybridized carbons (Fsp3) is 0.667. The molecule has 0 aromatic heterocycles. The van der Waals surface area contributed by atoms with Crippen molar-refractivity contribution in [3.8, 4) is 0 Å². The second kappa shape index (κ2) is 6.97. The van der Waals surface area contributed by atoms with Gasteiger partial charge in [-0.25, -0.2) is 4.79 Å². The molecule has 0 saturated heterocycles. The predicted molar refractivity (Wildman–Crippen MR) is 49.8 cm³/mol. The highest BCUT2D eigenvalue weighted by molar-refractivity contribution is 6.33. The van der Waals surface area contributed by atoms with Crippen LogP contribution in [0.2, 0.25) is 0 Å². The molecule has 0 bridgehead atoms. The molecule has 0 fully saturated rings. The molecule has 0 spiro atoms. The topological polar surface area (TPSA) is 79.8 Å². The van der Waals surface area contributed by atoms with Gasteiger partial charge in [0, 0.05) is 6.42 Å². The summed E-state index contributed by atoms with van der Waals surface area (Å²) in [5.74, 6) is -0.579. The van der Waals surface area contributed by atoms with Crippen molar-refractivity contribution in [3.05, 3.63) is 5.53 Å². The monoisotopic (exact) mass is 198 g/mol. The van der Waals surface area contributed by atoms with Crippen molar-refractivity contribution < 1.29 is 19.1 Å². The molecule has 0 unspecified atom stereocenters. The third kappa shape index (κ3) is 5.22. The minimum Gasteiger partial charge on any atom is -0.457 e. The Morgan fingerprint density at radius 1 is 1.36 bits per heavy atom. The van der Waals surface area contributed by atoms with Gasteiger partial charge in [0.05, 0.1) is 13.0 Å². The third-order valence-corrected chi connectivity index (χ3v) is 1.57. The van der Waals surface area contributed by atoms with Crippen LogP contribution >= 0.6 is 0 Å². The fourth-order valence-corrected chi connectivity index (χ4v) is 0.912. The predicted octanol–water partition coefficient (Wildman–Crippen LogP) is 0.980. The molecule has 0 aromatic rings. The smallest absolute Gasteiger partial charge is 0.416 e. The molecule has 0 atom stereocenters. The Balaban J connectivity index is 3.99. The molecule has 5 nitrogen and oxygen atoms in total. The van der Waals surface area contributed by atoms with Gasteiger partial charge in [0.15, 0.2) is 0 Å². The molecule has 0 aromatic carbocycles. The zero-order valence-electron chi connectivity index (χ0n) is 8.45. The normalized spacial score (nSPS) is 9.00. The van der Waals surface area contributed by atoms with Crippen LogP contribution < -0.4 is 0 Å². The first-order valence-corrected chi connectivity index (χ1v) is 4.49. The minimum atomic E-state index is -0.626. The maximum Gasteiger partial charge on any atom is 0.416 e. The van der Waals surface area contributed by atoms with Gasteiger partial charge in [-0.3, -0.25) is 0 Å². The average Bonchev–Trinajstić information content (AvgIpc) is 2.12. The number of esters is 1. The summed E-state index contributed by atoms with van der Waals surface area (Å²) in [5, 5.41) is 0. The molecule has 78 valence electrons. The molecule has 0 aliphatic heterocycles. The van der Waals surface area contributed by atoms with Crippen LogP contribution in [0.1, 0.15) is 33.1 Å². The summed E-state index contributed by atoms with van der Waals surface area (Å²) in [6.45, 7) is 3.38. The number of rotatable bonds is 6. The van der Waals surface area contributed by atoms with Crippen molar-refractivity contribution in [1.29, 1.82) is 0 Å². The van der Waals surface area contributed by atoms with E-state index < -0.39 is 5.97 Å². The molecule has 0 rings (SSSR count). The van der Waals surface area contributed by atoms with Crippen molar-refractivity contribution in [3.63, 3.8) is 0 Å². The summed E-state index contributed by atoms with van der Waals surface area (Å²) in [5.41, 5.74) is 8.46. The quantitative estimate of drug-likeness (QED) is 0.276. The lowest BCUT2D eigenvalue weighted by atomic mass is 10.1. The van der Waals surface area contributed by atoms with E-state index in [1.807, 2.05) is 0 Å². The van der Waals surface area contributed by atoms with E-state index in [-0.39, 0.29) is 24.5 Å². The lowest BCUT2D eigenvalue weighted by Crippen LogP contribution is -2.18. The summed E-state index contributed by atoms with van der Waals surface area (Å²) in [4.78, 5) is 24.5. The molecule has 5 heteroatoms. The Labute approximate surface area is 82.7 Å². The van der Waals surface area contributed by atoms with Crippen LogP contribution in [0.5, 0.6) is 0 Å². The summed E-state index contributed by atoms with van der Waals surface area (Å²) >= 11 is 0. The van der Waals surface area contributed by atoms with E-state index in [2.05, 4.69) is 9.53 Å². The van der Waals surface area contributed by atoms with Crippen molar-refractivity contribution in [1.82, 2.24) is 0 Å². The average molecular weight is 198 g/mol. The molecule has 0 aliphatic rings. The Bertz CT molecular complexity index is 267. The molecule has 14 heavy (non-hydrogen) atoms. The number of Topliss-reactive ketones (excluding diaryl/α,β-unsaturated/α-hetero) is 1. The van der Waals surface area contributed by atoms with E-state index in [1.165, 1.54) is 6.92 Å². The number of carbonyl (C=O) groups excluding carboxylic acids is 2. The van der Waals surface area contributed by atoms with Crippen LogP contribution in [0, 0.1) is 0 Å². The van der Waals surface area contributed by atoms with E-state index in [9.17, 15) is 9.59 Å². The van der Waals surface area contributed by atoms with Crippen molar-refractivity contribution in [2.45, 2.75) is 33.1 Å². The van der Waals surface area contributed by atoms with Gasteiger partial charge >= 0.3 is 11.7 Å². The van der Waals surface area contributed by atoms with Crippen LogP contribution in [0.25, 0.3) is 5.53 Å². The maximum atomic E-state index is 11.1. The van der Waals surface area contributed by atoms with Crippen molar-refractivity contribution in [2.75, 3.05) is 6.61 Å². The summed E-state index contributed by atoms with van der Waals surface area (Å²) < 4.78 is 4.64. The van der Waals surface area contributed by atoms with E-state index in [4.69, 9.17) is 5.53 Å². The second-order valence-corrected chi connectivity index (χ2v) is 2.82. The van der Waals surface area contributed by atoms with Gasteiger partial charge in [-0.05, 0) is 20.3 Å². The van der Waals surface area contributed by atoms with Crippen LogP contribution in [-0.4, -0.2) is 28.9 Å². The van der Waals surface area contributed by atoms with Crippen LogP contribution in [0.3, 0.4) is 0 Å². The summed E-state index contributed by atoms with van der Waals surface area (Å²) in [6.07, 6.45) is 1.13. The Hall–Kier alpha value is -1.48. The number of carbonyl (C=O) groups is 2. The highest BCUT2D eigenvalue weighted by Crippen LogP contribution is 1.98. The summed E-state index contributed by atoms with van der Waals surface area (Å²) in [7, 11) is 0. The summed E-state index contributed by atoms with van der Waals surface area (Å²) in [6, 6.07) is 0. The van der Waals surface area contributed by atoms with Gasteiger partial charge in [0.1, 0.15) is 5.78 Å². The first-order chi connectivity index (χ1) is 6.61. The Kier molecular flexibility index (Phi) is 6.24. The number of hydrogen-bond donors (Lipinski definition) is 0. The largest absolute Gasteiger partial charge is 0.457 e. The van der Waals surface area contributed by atoms with Gasteiger partial charge in [-0.2, -0.15) is 4.79 Å². The van der Waals surface area contributed by atoms with Gasteiger partial charge in [-0.15, -0.1) is 0 Å². The van der Waals surface area contributed by atoms with E-state index in [0.717, 1.165) is 0 Å². The molecule has 0 radical (unpaired) electrons. The number of ketones is 1.